The third-order valence-electron chi connectivity index (χ3n) is 1.83. The van der Waals surface area contributed by atoms with Gasteiger partial charge in [0.25, 0.3) is 0 Å². The maximum absolute atomic E-state index is 10.8. The van der Waals surface area contributed by atoms with E-state index >= 15 is 0 Å². The molecule has 0 radical (unpaired) electrons. The monoisotopic (exact) mass is 258 g/mol. The highest BCUT2D eigenvalue weighted by Gasteiger charge is 2.04. The number of halogens is 1. The minimum Gasteiger partial charge on any atom is -0.453 e. The van der Waals surface area contributed by atoms with Crippen LogP contribution in [0.2, 0.25) is 5.02 Å². The van der Waals surface area contributed by atoms with Gasteiger partial charge >= 0.3 is 6.09 Å². The standard InChI is InChI=1S/C10H11ClN2O2S/c1-6-3-4-7(5-8(6)11)12-9(16)13-10(14)15-2/h3-5H,1-2H3,(H2,12,13,14,16). The minimum atomic E-state index is -0.615. The Balaban J connectivity index is 2.63. The van der Waals surface area contributed by atoms with Gasteiger partial charge in [-0.25, -0.2) is 4.79 Å². The molecule has 2 N–H and O–H groups in total. The summed E-state index contributed by atoms with van der Waals surface area (Å²) in [6.45, 7) is 1.90. The van der Waals surface area contributed by atoms with Crippen molar-refractivity contribution in [2.75, 3.05) is 12.4 Å². The van der Waals surface area contributed by atoms with Crippen LogP contribution in [0.25, 0.3) is 0 Å². The lowest BCUT2D eigenvalue weighted by Crippen LogP contribution is -2.33. The van der Waals surface area contributed by atoms with Crippen LogP contribution in [0.1, 0.15) is 5.56 Å². The molecule has 0 bridgehead atoms. The highest BCUT2D eigenvalue weighted by atomic mass is 35.5. The molecule has 0 aliphatic rings. The first kappa shape index (κ1) is 12.7. The molecule has 0 atom stereocenters. The Labute approximate surface area is 104 Å². The topological polar surface area (TPSA) is 50.4 Å². The number of ether oxygens (including phenoxy) is 1. The van der Waals surface area contributed by atoms with Gasteiger partial charge in [-0.3, -0.25) is 5.32 Å². The highest BCUT2D eigenvalue weighted by Crippen LogP contribution is 2.19. The Hall–Kier alpha value is -1.33. The fourth-order valence-electron chi connectivity index (χ4n) is 0.977. The number of hydrogen-bond donors (Lipinski definition) is 2. The number of benzene rings is 1. The van der Waals surface area contributed by atoms with E-state index in [1.54, 1.807) is 6.07 Å². The Kier molecular flexibility index (Phi) is 4.52. The SMILES string of the molecule is COC(=O)NC(=S)Nc1ccc(C)c(Cl)c1. The zero-order valence-electron chi connectivity index (χ0n) is 8.83. The molecule has 1 aromatic carbocycles. The molecular formula is C10H11ClN2O2S. The maximum atomic E-state index is 10.8. The van der Waals surface area contributed by atoms with Gasteiger partial charge in [-0.2, -0.15) is 0 Å². The van der Waals surface area contributed by atoms with Crippen LogP contribution in [0.5, 0.6) is 0 Å². The number of nitrogens with one attached hydrogen (secondary N) is 2. The van der Waals surface area contributed by atoms with Crippen molar-refractivity contribution in [3.63, 3.8) is 0 Å². The normalized spacial score (nSPS) is 9.44. The zero-order chi connectivity index (χ0) is 12.1. The van der Waals surface area contributed by atoms with Crippen LogP contribution in [0, 0.1) is 6.92 Å². The van der Waals surface area contributed by atoms with E-state index in [9.17, 15) is 4.79 Å². The van der Waals surface area contributed by atoms with Crippen molar-refractivity contribution in [1.29, 1.82) is 0 Å². The molecule has 4 nitrogen and oxygen atoms in total. The van der Waals surface area contributed by atoms with Gasteiger partial charge in [0.2, 0.25) is 0 Å². The van der Waals surface area contributed by atoms with Crippen molar-refractivity contribution >= 4 is 40.7 Å². The molecule has 86 valence electrons. The number of rotatable bonds is 1. The van der Waals surface area contributed by atoms with Crippen LogP contribution < -0.4 is 10.6 Å². The number of thiocarbonyl (C=S) groups is 1. The van der Waals surface area contributed by atoms with E-state index in [0.29, 0.717) is 10.7 Å². The van der Waals surface area contributed by atoms with Gasteiger partial charge in [-0.1, -0.05) is 17.7 Å². The molecule has 1 rings (SSSR count). The van der Waals surface area contributed by atoms with Crippen molar-refractivity contribution < 1.29 is 9.53 Å². The van der Waals surface area contributed by atoms with Crippen molar-refractivity contribution in [2.24, 2.45) is 0 Å². The Morgan fingerprint density at radius 3 is 2.75 bits per heavy atom. The van der Waals surface area contributed by atoms with Gasteiger partial charge in [0.1, 0.15) is 0 Å². The molecule has 0 saturated carbocycles. The maximum Gasteiger partial charge on any atom is 0.413 e. The van der Waals surface area contributed by atoms with E-state index in [1.165, 1.54) is 7.11 Å². The van der Waals surface area contributed by atoms with Crippen LogP contribution >= 0.6 is 23.8 Å². The molecule has 0 heterocycles. The zero-order valence-corrected chi connectivity index (χ0v) is 10.4. The second-order valence-electron chi connectivity index (χ2n) is 3.03. The summed E-state index contributed by atoms with van der Waals surface area (Å²) >= 11 is 10.8. The first-order chi connectivity index (χ1) is 7.52. The van der Waals surface area contributed by atoms with Gasteiger partial charge in [0.05, 0.1) is 7.11 Å². The molecule has 16 heavy (non-hydrogen) atoms. The number of carbonyl (C=O) groups is 1. The van der Waals surface area contributed by atoms with E-state index in [1.807, 2.05) is 19.1 Å². The van der Waals surface area contributed by atoms with E-state index in [4.69, 9.17) is 23.8 Å². The molecule has 6 heteroatoms. The lowest BCUT2D eigenvalue weighted by Gasteiger charge is -2.09. The van der Waals surface area contributed by atoms with Crippen molar-refractivity contribution in [3.05, 3.63) is 28.8 Å². The van der Waals surface area contributed by atoms with E-state index < -0.39 is 6.09 Å². The number of carbonyl (C=O) groups excluding carboxylic acids is 1. The average molecular weight is 259 g/mol. The average Bonchev–Trinajstić information content (AvgIpc) is 2.23. The van der Waals surface area contributed by atoms with Crippen molar-refractivity contribution in [1.82, 2.24) is 5.32 Å². The number of anilines is 1. The number of amides is 1. The number of methoxy groups -OCH3 is 1. The summed E-state index contributed by atoms with van der Waals surface area (Å²) in [4.78, 5) is 10.8. The van der Waals surface area contributed by atoms with Crippen molar-refractivity contribution in [2.45, 2.75) is 6.92 Å². The number of hydrogen-bond acceptors (Lipinski definition) is 3. The Bertz CT molecular complexity index is 423. The third-order valence-corrected chi connectivity index (χ3v) is 2.44. The summed E-state index contributed by atoms with van der Waals surface area (Å²) in [7, 11) is 1.26. The predicted molar refractivity (Wildman–Crippen MR) is 68.0 cm³/mol. The largest absolute Gasteiger partial charge is 0.453 e. The molecule has 0 aliphatic heterocycles. The van der Waals surface area contributed by atoms with Crippen LogP contribution in [-0.4, -0.2) is 18.3 Å². The van der Waals surface area contributed by atoms with Crippen LogP contribution in [0.15, 0.2) is 18.2 Å². The molecule has 0 aliphatic carbocycles. The smallest absolute Gasteiger partial charge is 0.413 e. The predicted octanol–water partition coefficient (Wildman–Crippen LogP) is 2.70. The summed E-state index contributed by atoms with van der Waals surface area (Å²) in [5.41, 5.74) is 1.68. The van der Waals surface area contributed by atoms with Crippen LogP contribution in [-0.2, 0) is 4.74 Å². The second-order valence-corrected chi connectivity index (χ2v) is 3.85. The first-order valence-electron chi connectivity index (χ1n) is 4.45. The lowest BCUT2D eigenvalue weighted by molar-refractivity contribution is 0.177. The molecule has 0 fully saturated rings. The van der Waals surface area contributed by atoms with Gasteiger partial charge in [-0.05, 0) is 36.8 Å². The summed E-state index contributed by atoms with van der Waals surface area (Å²) < 4.78 is 4.40. The summed E-state index contributed by atoms with van der Waals surface area (Å²) in [5.74, 6) is 0. The second kappa shape index (κ2) is 5.67. The van der Waals surface area contributed by atoms with E-state index in [2.05, 4.69) is 15.4 Å². The molecule has 1 amide bonds. The van der Waals surface area contributed by atoms with E-state index in [0.717, 1.165) is 5.56 Å². The van der Waals surface area contributed by atoms with Gasteiger partial charge in [0, 0.05) is 10.7 Å². The molecule has 0 unspecified atom stereocenters. The van der Waals surface area contributed by atoms with Crippen LogP contribution in [0.4, 0.5) is 10.5 Å². The fourth-order valence-corrected chi connectivity index (χ4v) is 1.36. The van der Waals surface area contributed by atoms with Gasteiger partial charge in [-0.15, -0.1) is 0 Å². The Morgan fingerprint density at radius 1 is 1.50 bits per heavy atom. The Morgan fingerprint density at radius 2 is 2.19 bits per heavy atom. The van der Waals surface area contributed by atoms with Crippen LogP contribution in [0.3, 0.4) is 0 Å². The van der Waals surface area contributed by atoms with E-state index in [-0.39, 0.29) is 5.11 Å². The molecule has 0 spiro atoms. The highest BCUT2D eigenvalue weighted by molar-refractivity contribution is 7.80. The van der Waals surface area contributed by atoms with Crippen molar-refractivity contribution in [3.8, 4) is 0 Å². The molecule has 1 aromatic rings. The molecule has 0 saturated heterocycles. The number of aryl methyl sites for hydroxylation is 1. The number of alkyl carbamates (subject to hydrolysis) is 1. The fraction of sp³-hybridized carbons (Fsp3) is 0.200. The van der Waals surface area contributed by atoms with Gasteiger partial charge in [0.15, 0.2) is 5.11 Å². The first-order valence-corrected chi connectivity index (χ1v) is 5.23. The minimum absolute atomic E-state index is 0.159. The quantitative estimate of drug-likeness (QED) is 0.761. The summed E-state index contributed by atoms with van der Waals surface area (Å²) in [6, 6.07) is 5.39. The van der Waals surface area contributed by atoms with Gasteiger partial charge < -0.3 is 10.1 Å². The summed E-state index contributed by atoms with van der Waals surface area (Å²) in [5, 5.41) is 5.93. The lowest BCUT2D eigenvalue weighted by atomic mass is 10.2. The summed E-state index contributed by atoms with van der Waals surface area (Å²) in [6.07, 6.45) is -0.615. The third kappa shape index (κ3) is 3.67. The molecular weight excluding hydrogens is 248 g/mol. The molecule has 0 aromatic heterocycles.